The fourth-order valence-corrected chi connectivity index (χ4v) is 4.72. The number of hydrogen-bond donors (Lipinski definition) is 1. The quantitative estimate of drug-likeness (QED) is 0.459. The third-order valence-electron chi connectivity index (χ3n) is 4.01. The standard InChI is InChI=1S/C20H18FN3O3S2/c1-15-11-12-28-19(15)13-22-23-20(25)14-24(17-9-7-16(21)8-10-17)29(26,27)18-5-3-2-4-6-18/h2-13H,14H2,1H3,(H,23,25)/b22-13+. The van der Waals surface area contributed by atoms with E-state index in [0.29, 0.717) is 0 Å². The Hall–Kier alpha value is -3.04. The van der Waals surface area contributed by atoms with E-state index in [-0.39, 0.29) is 10.6 Å². The average Bonchev–Trinajstić information content (AvgIpc) is 3.12. The highest BCUT2D eigenvalue weighted by Crippen LogP contribution is 2.23. The van der Waals surface area contributed by atoms with Gasteiger partial charge in [0.25, 0.3) is 15.9 Å². The number of aryl methyl sites for hydroxylation is 1. The Balaban J connectivity index is 1.83. The second-order valence-corrected chi connectivity index (χ2v) is 8.87. The number of carbonyl (C=O) groups excluding carboxylic acids is 1. The molecule has 0 spiro atoms. The molecule has 1 aromatic heterocycles. The van der Waals surface area contributed by atoms with E-state index in [9.17, 15) is 17.6 Å². The first-order valence-corrected chi connectivity index (χ1v) is 10.9. The maximum absolute atomic E-state index is 13.3. The van der Waals surface area contributed by atoms with Crippen molar-refractivity contribution in [1.29, 1.82) is 0 Å². The van der Waals surface area contributed by atoms with Crippen molar-refractivity contribution in [3.63, 3.8) is 0 Å². The van der Waals surface area contributed by atoms with Crippen molar-refractivity contribution in [2.24, 2.45) is 5.10 Å². The summed E-state index contributed by atoms with van der Waals surface area (Å²) in [5.41, 5.74) is 3.53. The number of nitrogens with zero attached hydrogens (tertiary/aromatic N) is 2. The maximum Gasteiger partial charge on any atom is 0.264 e. The van der Waals surface area contributed by atoms with Crippen LogP contribution in [0, 0.1) is 12.7 Å². The van der Waals surface area contributed by atoms with Crippen LogP contribution in [0.25, 0.3) is 0 Å². The van der Waals surface area contributed by atoms with E-state index in [1.54, 1.807) is 18.2 Å². The SMILES string of the molecule is Cc1ccsc1/C=N/NC(=O)CN(c1ccc(F)cc1)S(=O)(=O)c1ccccc1. The maximum atomic E-state index is 13.3. The molecule has 3 rings (SSSR count). The highest BCUT2D eigenvalue weighted by molar-refractivity contribution is 7.92. The molecule has 150 valence electrons. The third kappa shape index (κ3) is 5.07. The van der Waals surface area contributed by atoms with Crippen molar-refractivity contribution in [1.82, 2.24) is 5.43 Å². The minimum absolute atomic E-state index is 0.0230. The van der Waals surface area contributed by atoms with Gasteiger partial charge < -0.3 is 0 Å². The van der Waals surface area contributed by atoms with Gasteiger partial charge in [-0.2, -0.15) is 5.10 Å². The van der Waals surface area contributed by atoms with E-state index in [0.717, 1.165) is 26.9 Å². The second kappa shape index (κ2) is 8.97. The number of benzene rings is 2. The predicted octanol–water partition coefficient (Wildman–Crippen LogP) is 3.54. The van der Waals surface area contributed by atoms with Crippen LogP contribution >= 0.6 is 11.3 Å². The number of hydrazone groups is 1. The molecule has 2 aromatic carbocycles. The number of hydrogen-bond acceptors (Lipinski definition) is 5. The van der Waals surface area contributed by atoms with Gasteiger partial charge in [0, 0.05) is 4.88 Å². The fraction of sp³-hybridized carbons (Fsp3) is 0.100. The molecule has 0 aliphatic carbocycles. The van der Waals surface area contributed by atoms with E-state index in [1.165, 1.54) is 41.8 Å². The zero-order valence-electron chi connectivity index (χ0n) is 15.4. The number of rotatable bonds is 7. The Bertz CT molecular complexity index is 1110. The zero-order chi connectivity index (χ0) is 20.9. The van der Waals surface area contributed by atoms with E-state index >= 15 is 0 Å². The lowest BCUT2D eigenvalue weighted by molar-refractivity contribution is -0.119. The highest BCUT2D eigenvalue weighted by atomic mass is 32.2. The molecule has 1 heterocycles. The lowest BCUT2D eigenvalue weighted by Gasteiger charge is -2.23. The summed E-state index contributed by atoms with van der Waals surface area (Å²) in [6.45, 7) is 1.41. The smallest absolute Gasteiger partial charge is 0.264 e. The molecule has 1 N–H and O–H groups in total. The molecular weight excluding hydrogens is 413 g/mol. The molecule has 0 bridgehead atoms. The van der Waals surface area contributed by atoms with Crippen LogP contribution in [0.2, 0.25) is 0 Å². The van der Waals surface area contributed by atoms with Crippen molar-refractivity contribution in [3.05, 3.63) is 82.3 Å². The summed E-state index contributed by atoms with van der Waals surface area (Å²) < 4.78 is 40.4. The minimum Gasteiger partial charge on any atom is -0.271 e. The summed E-state index contributed by atoms with van der Waals surface area (Å²) >= 11 is 1.47. The Morgan fingerprint density at radius 1 is 1.14 bits per heavy atom. The van der Waals surface area contributed by atoms with Crippen molar-refractivity contribution in [2.45, 2.75) is 11.8 Å². The zero-order valence-corrected chi connectivity index (χ0v) is 17.1. The monoisotopic (exact) mass is 431 g/mol. The fourth-order valence-electron chi connectivity index (χ4n) is 2.49. The Morgan fingerprint density at radius 3 is 2.45 bits per heavy atom. The molecule has 29 heavy (non-hydrogen) atoms. The largest absolute Gasteiger partial charge is 0.271 e. The van der Waals surface area contributed by atoms with E-state index in [2.05, 4.69) is 10.5 Å². The number of halogens is 1. The van der Waals surface area contributed by atoms with E-state index in [4.69, 9.17) is 0 Å². The molecule has 1 amide bonds. The van der Waals surface area contributed by atoms with Crippen molar-refractivity contribution >= 4 is 39.2 Å². The van der Waals surface area contributed by atoms with Gasteiger partial charge in [-0.15, -0.1) is 11.3 Å². The van der Waals surface area contributed by atoms with Crippen LogP contribution in [0.4, 0.5) is 10.1 Å². The molecule has 0 saturated heterocycles. The first-order chi connectivity index (χ1) is 13.9. The number of sulfonamides is 1. The summed E-state index contributed by atoms with van der Waals surface area (Å²) in [5.74, 6) is -1.13. The van der Waals surface area contributed by atoms with Crippen LogP contribution < -0.4 is 9.73 Å². The molecule has 0 fully saturated rings. The third-order valence-corrected chi connectivity index (χ3v) is 6.75. The van der Waals surface area contributed by atoms with Crippen LogP contribution in [-0.2, 0) is 14.8 Å². The predicted molar refractivity (Wildman–Crippen MR) is 112 cm³/mol. The van der Waals surface area contributed by atoms with Gasteiger partial charge >= 0.3 is 0 Å². The van der Waals surface area contributed by atoms with Gasteiger partial charge in [0.15, 0.2) is 0 Å². The van der Waals surface area contributed by atoms with Gasteiger partial charge in [0.05, 0.1) is 16.8 Å². The van der Waals surface area contributed by atoms with Crippen LogP contribution in [0.15, 0.2) is 76.0 Å². The van der Waals surface area contributed by atoms with Crippen LogP contribution in [0.5, 0.6) is 0 Å². The van der Waals surface area contributed by atoms with Crippen LogP contribution in [-0.4, -0.2) is 27.1 Å². The summed E-state index contributed by atoms with van der Waals surface area (Å²) in [5, 5.41) is 5.80. The highest BCUT2D eigenvalue weighted by Gasteiger charge is 2.27. The van der Waals surface area contributed by atoms with E-state index in [1.807, 2.05) is 18.4 Å². The number of thiophene rings is 1. The van der Waals surface area contributed by atoms with Crippen molar-refractivity contribution < 1.29 is 17.6 Å². The van der Waals surface area contributed by atoms with Crippen LogP contribution in [0.3, 0.4) is 0 Å². The first kappa shape index (κ1) is 20.7. The number of nitrogens with one attached hydrogen (secondary N) is 1. The van der Waals surface area contributed by atoms with Gasteiger partial charge in [-0.3, -0.25) is 9.10 Å². The number of carbonyl (C=O) groups is 1. The summed E-state index contributed by atoms with van der Waals surface area (Å²) in [6.07, 6.45) is 1.51. The van der Waals surface area contributed by atoms with Gasteiger partial charge in [-0.1, -0.05) is 18.2 Å². The van der Waals surface area contributed by atoms with Crippen molar-refractivity contribution in [2.75, 3.05) is 10.8 Å². The molecule has 0 radical (unpaired) electrons. The van der Waals surface area contributed by atoms with Gasteiger partial charge in [0.1, 0.15) is 12.4 Å². The molecule has 0 unspecified atom stereocenters. The van der Waals surface area contributed by atoms with Crippen molar-refractivity contribution in [3.8, 4) is 0 Å². The van der Waals surface area contributed by atoms with Crippen LogP contribution in [0.1, 0.15) is 10.4 Å². The van der Waals surface area contributed by atoms with Gasteiger partial charge in [0.2, 0.25) is 0 Å². The molecule has 0 saturated carbocycles. The summed E-state index contributed by atoms with van der Waals surface area (Å²) in [4.78, 5) is 13.3. The molecular formula is C20H18FN3O3S2. The molecule has 9 heteroatoms. The Kier molecular flexibility index (Phi) is 6.40. The number of anilines is 1. The summed E-state index contributed by atoms with van der Waals surface area (Å²) in [6, 6.07) is 14.5. The molecule has 0 aliphatic rings. The molecule has 3 aromatic rings. The van der Waals surface area contributed by atoms with Gasteiger partial charge in [-0.25, -0.2) is 18.2 Å². The molecule has 0 atom stereocenters. The minimum atomic E-state index is -4.04. The lowest BCUT2D eigenvalue weighted by Crippen LogP contribution is -2.39. The number of amides is 1. The summed E-state index contributed by atoms with van der Waals surface area (Å²) in [7, 11) is -4.04. The van der Waals surface area contributed by atoms with Gasteiger partial charge in [-0.05, 0) is 60.3 Å². The molecule has 6 nitrogen and oxygen atoms in total. The first-order valence-electron chi connectivity index (χ1n) is 8.57. The average molecular weight is 432 g/mol. The second-order valence-electron chi connectivity index (χ2n) is 6.06. The molecule has 0 aliphatic heterocycles. The lowest BCUT2D eigenvalue weighted by atomic mass is 10.3. The Morgan fingerprint density at radius 2 is 1.83 bits per heavy atom. The Labute approximate surface area is 172 Å². The van der Waals surface area contributed by atoms with E-state index < -0.39 is 28.3 Å². The topological polar surface area (TPSA) is 78.8 Å². The normalized spacial score (nSPS) is 11.5.